The first kappa shape index (κ1) is 14.3. The number of nitrogens with zero attached hydrogens (tertiary/aromatic N) is 4. The van der Waals surface area contributed by atoms with Gasteiger partial charge in [-0.15, -0.1) is 0 Å². The summed E-state index contributed by atoms with van der Waals surface area (Å²) in [5.41, 5.74) is 7.61. The second kappa shape index (κ2) is 6.41. The molecule has 0 aliphatic carbocycles. The molecule has 2 aromatic heterocycles. The Hall–Kier alpha value is -1.66. The van der Waals surface area contributed by atoms with E-state index in [-0.39, 0.29) is 0 Å². The van der Waals surface area contributed by atoms with Crippen LogP contribution in [0.4, 0.5) is 5.82 Å². The molecule has 1 saturated heterocycles. The van der Waals surface area contributed by atoms with E-state index >= 15 is 0 Å². The van der Waals surface area contributed by atoms with Crippen molar-refractivity contribution >= 4 is 16.9 Å². The fourth-order valence-corrected chi connectivity index (χ4v) is 2.85. The number of anilines is 1. The van der Waals surface area contributed by atoms with Crippen molar-refractivity contribution in [2.45, 2.75) is 25.4 Å². The van der Waals surface area contributed by atoms with Crippen LogP contribution in [0.5, 0.6) is 0 Å². The summed E-state index contributed by atoms with van der Waals surface area (Å²) in [4.78, 5) is 11.3. The van der Waals surface area contributed by atoms with E-state index in [1.54, 1.807) is 0 Å². The SMILES string of the molecule is Cn1cnc2c(N3CCC(OCCCN)CC3)nccc21. The quantitative estimate of drug-likeness (QED) is 0.840. The second-order valence-corrected chi connectivity index (χ2v) is 5.56. The zero-order valence-electron chi connectivity index (χ0n) is 12.5. The lowest BCUT2D eigenvalue weighted by atomic mass is 10.1. The third kappa shape index (κ3) is 3.01. The lowest BCUT2D eigenvalue weighted by Gasteiger charge is -2.32. The first-order chi connectivity index (χ1) is 10.3. The number of hydrogen-bond acceptors (Lipinski definition) is 5. The molecule has 1 aliphatic heterocycles. The molecule has 0 saturated carbocycles. The smallest absolute Gasteiger partial charge is 0.156 e. The molecule has 0 bridgehead atoms. The molecule has 0 atom stereocenters. The molecule has 6 heteroatoms. The first-order valence-electron chi connectivity index (χ1n) is 7.62. The lowest BCUT2D eigenvalue weighted by molar-refractivity contribution is 0.0366. The standard InChI is InChI=1S/C15H23N5O/c1-19-11-18-14-13(19)3-7-17-15(14)20-8-4-12(5-9-20)21-10-2-6-16/h3,7,11-12H,2,4-6,8-10,16H2,1H3. The summed E-state index contributed by atoms with van der Waals surface area (Å²) in [6.07, 6.45) is 7.08. The van der Waals surface area contributed by atoms with Gasteiger partial charge in [0.15, 0.2) is 5.82 Å². The van der Waals surface area contributed by atoms with Crippen molar-refractivity contribution in [2.75, 3.05) is 31.1 Å². The summed E-state index contributed by atoms with van der Waals surface area (Å²) < 4.78 is 7.88. The molecule has 21 heavy (non-hydrogen) atoms. The molecular weight excluding hydrogens is 266 g/mol. The van der Waals surface area contributed by atoms with Gasteiger partial charge in [0.1, 0.15) is 5.52 Å². The highest BCUT2D eigenvalue weighted by Crippen LogP contribution is 2.26. The van der Waals surface area contributed by atoms with E-state index in [4.69, 9.17) is 10.5 Å². The van der Waals surface area contributed by atoms with E-state index in [2.05, 4.69) is 14.9 Å². The molecule has 2 N–H and O–H groups in total. The van der Waals surface area contributed by atoms with Crippen molar-refractivity contribution < 1.29 is 4.74 Å². The molecule has 3 rings (SSSR count). The number of rotatable bonds is 5. The van der Waals surface area contributed by atoms with Gasteiger partial charge in [0, 0.05) is 32.9 Å². The zero-order valence-corrected chi connectivity index (χ0v) is 12.5. The van der Waals surface area contributed by atoms with Crippen molar-refractivity contribution in [1.82, 2.24) is 14.5 Å². The summed E-state index contributed by atoms with van der Waals surface area (Å²) in [5.74, 6) is 0.994. The molecule has 2 aromatic rings. The van der Waals surface area contributed by atoms with Crippen LogP contribution in [-0.4, -0.2) is 46.9 Å². The van der Waals surface area contributed by atoms with Crippen LogP contribution in [0, 0.1) is 0 Å². The summed E-state index contributed by atoms with van der Waals surface area (Å²) in [5, 5.41) is 0. The van der Waals surface area contributed by atoms with Gasteiger partial charge in [-0.3, -0.25) is 0 Å². The van der Waals surface area contributed by atoms with E-state index in [9.17, 15) is 0 Å². The Labute approximate surface area is 124 Å². The van der Waals surface area contributed by atoms with E-state index in [0.29, 0.717) is 12.6 Å². The van der Waals surface area contributed by atoms with Gasteiger partial charge >= 0.3 is 0 Å². The average molecular weight is 289 g/mol. The van der Waals surface area contributed by atoms with Crippen LogP contribution in [0.15, 0.2) is 18.6 Å². The number of fused-ring (bicyclic) bond motifs is 1. The van der Waals surface area contributed by atoms with Crippen LogP contribution in [0.3, 0.4) is 0 Å². The van der Waals surface area contributed by atoms with Gasteiger partial charge in [0.05, 0.1) is 17.9 Å². The number of imidazole rings is 1. The van der Waals surface area contributed by atoms with Crippen molar-refractivity contribution in [3.8, 4) is 0 Å². The summed E-state index contributed by atoms with van der Waals surface area (Å²) in [6, 6.07) is 2.01. The Balaban J connectivity index is 1.66. The summed E-state index contributed by atoms with van der Waals surface area (Å²) >= 11 is 0. The molecule has 0 radical (unpaired) electrons. The van der Waals surface area contributed by atoms with Crippen LogP contribution in [0.25, 0.3) is 11.0 Å². The fraction of sp³-hybridized carbons (Fsp3) is 0.600. The van der Waals surface area contributed by atoms with Gasteiger partial charge < -0.3 is 19.9 Å². The topological polar surface area (TPSA) is 69.2 Å². The highest BCUT2D eigenvalue weighted by Gasteiger charge is 2.22. The van der Waals surface area contributed by atoms with Crippen molar-refractivity contribution in [3.63, 3.8) is 0 Å². The number of piperidine rings is 1. The number of nitrogens with two attached hydrogens (primary N) is 1. The predicted molar refractivity (Wildman–Crippen MR) is 83.4 cm³/mol. The van der Waals surface area contributed by atoms with Crippen LogP contribution in [0.1, 0.15) is 19.3 Å². The Morgan fingerprint density at radius 1 is 1.33 bits per heavy atom. The second-order valence-electron chi connectivity index (χ2n) is 5.56. The molecule has 3 heterocycles. The van der Waals surface area contributed by atoms with Crippen LogP contribution in [-0.2, 0) is 11.8 Å². The number of aromatic nitrogens is 3. The molecule has 6 nitrogen and oxygen atoms in total. The van der Waals surface area contributed by atoms with E-state index in [1.807, 2.05) is 30.2 Å². The van der Waals surface area contributed by atoms with Gasteiger partial charge in [-0.05, 0) is 31.9 Å². The number of ether oxygens (including phenoxy) is 1. The third-order valence-corrected chi connectivity index (χ3v) is 4.07. The molecule has 1 fully saturated rings. The molecule has 0 unspecified atom stereocenters. The maximum Gasteiger partial charge on any atom is 0.156 e. The highest BCUT2D eigenvalue weighted by molar-refractivity contribution is 5.86. The Bertz CT molecular complexity index is 589. The Morgan fingerprint density at radius 2 is 2.14 bits per heavy atom. The summed E-state index contributed by atoms with van der Waals surface area (Å²) in [7, 11) is 2.01. The number of pyridine rings is 1. The van der Waals surface area contributed by atoms with Crippen molar-refractivity contribution in [3.05, 3.63) is 18.6 Å². The minimum absolute atomic E-state index is 0.357. The molecule has 0 amide bonds. The Morgan fingerprint density at radius 3 is 2.90 bits per heavy atom. The van der Waals surface area contributed by atoms with Crippen LogP contribution < -0.4 is 10.6 Å². The molecule has 0 aromatic carbocycles. The molecule has 1 aliphatic rings. The van der Waals surface area contributed by atoms with Crippen LogP contribution in [0.2, 0.25) is 0 Å². The van der Waals surface area contributed by atoms with Gasteiger partial charge in [0.25, 0.3) is 0 Å². The minimum atomic E-state index is 0.357. The largest absolute Gasteiger partial charge is 0.378 e. The van der Waals surface area contributed by atoms with Gasteiger partial charge in [-0.2, -0.15) is 0 Å². The normalized spacial score (nSPS) is 16.8. The molecule has 114 valence electrons. The van der Waals surface area contributed by atoms with E-state index in [1.165, 1.54) is 0 Å². The van der Waals surface area contributed by atoms with Crippen LogP contribution >= 0.6 is 0 Å². The van der Waals surface area contributed by atoms with E-state index in [0.717, 1.165) is 55.8 Å². The zero-order chi connectivity index (χ0) is 14.7. The summed E-state index contributed by atoms with van der Waals surface area (Å²) in [6.45, 7) is 3.41. The van der Waals surface area contributed by atoms with E-state index < -0.39 is 0 Å². The maximum absolute atomic E-state index is 5.85. The monoisotopic (exact) mass is 289 g/mol. The minimum Gasteiger partial charge on any atom is -0.378 e. The van der Waals surface area contributed by atoms with Crippen molar-refractivity contribution in [1.29, 1.82) is 0 Å². The maximum atomic E-state index is 5.85. The Kier molecular flexibility index (Phi) is 4.36. The molecule has 0 spiro atoms. The van der Waals surface area contributed by atoms with Crippen molar-refractivity contribution in [2.24, 2.45) is 12.8 Å². The fourth-order valence-electron chi connectivity index (χ4n) is 2.85. The van der Waals surface area contributed by atoms with Gasteiger partial charge in [0.2, 0.25) is 0 Å². The number of hydrogen-bond donors (Lipinski definition) is 1. The van der Waals surface area contributed by atoms with Gasteiger partial charge in [-0.25, -0.2) is 9.97 Å². The predicted octanol–water partition coefficient (Wildman–Crippen LogP) is 1.30. The first-order valence-corrected chi connectivity index (χ1v) is 7.62. The average Bonchev–Trinajstić information content (AvgIpc) is 2.90. The third-order valence-electron chi connectivity index (χ3n) is 4.07. The lowest BCUT2D eigenvalue weighted by Crippen LogP contribution is -2.37. The molecular formula is C15H23N5O. The van der Waals surface area contributed by atoms with Gasteiger partial charge in [-0.1, -0.05) is 0 Å². The number of aryl methyl sites for hydroxylation is 1. The highest BCUT2D eigenvalue weighted by atomic mass is 16.5.